The molecule has 0 bridgehead atoms. The zero-order valence-electron chi connectivity index (χ0n) is 11.2. The number of benzene rings is 1. The van der Waals surface area contributed by atoms with E-state index >= 15 is 0 Å². The van der Waals surface area contributed by atoms with Crippen molar-refractivity contribution in [3.8, 4) is 0 Å². The highest BCUT2D eigenvalue weighted by Gasteiger charge is 2.15. The first-order valence-electron chi connectivity index (χ1n) is 6.37. The maximum absolute atomic E-state index is 13.6. The van der Waals surface area contributed by atoms with Crippen molar-refractivity contribution in [3.63, 3.8) is 0 Å². The molecule has 0 fully saturated rings. The molecule has 0 aromatic heterocycles. The third kappa shape index (κ3) is 5.70. The van der Waals surface area contributed by atoms with Crippen LogP contribution in [0.25, 0.3) is 0 Å². The number of carbonyl (C=O) groups is 1. The van der Waals surface area contributed by atoms with Crippen LogP contribution in [0.2, 0.25) is 0 Å². The average molecular weight is 331 g/mol. The molecular weight excluding hydrogens is 311 g/mol. The Morgan fingerprint density at radius 2 is 2.16 bits per heavy atom. The Kier molecular flexibility index (Phi) is 6.45. The molecule has 3 nitrogen and oxygen atoms in total. The Bertz CT molecular complexity index is 437. The van der Waals surface area contributed by atoms with Crippen molar-refractivity contribution in [2.45, 2.75) is 26.7 Å². The molecule has 0 saturated heterocycles. The summed E-state index contributed by atoms with van der Waals surface area (Å²) in [5, 5.41) is 2.59. The highest BCUT2D eigenvalue weighted by molar-refractivity contribution is 9.10. The molecule has 1 aromatic rings. The molecule has 5 heteroatoms. The number of halogens is 2. The Hall–Kier alpha value is -0.940. The van der Waals surface area contributed by atoms with E-state index in [9.17, 15) is 9.18 Å². The standard InChI is InChI=1S/C14H20BrFN2O/c1-9(2)5-10(8-17)6-14(19)18-13-4-3-11(15)7-12(13)16/h3-4,7,9-10H,5-6,8,17H2,1-2H3,(H,18,19)/t10-/m0/s1. The molecule has 106 valence electrons. The van der Waals surface area contributed by atoms with Crippen LogP contribution >= 0.6 is 15.9 Å². The number of carbonyl (C=O) groups excluding carboxylic acids is 1. The monoisotopic (exact) mass is 330 g/mol. The molecule has 1 aromatic carbocycles. The summed E-state index contributed by atoms with van der Waals surface area (Å²) in [4.78, 5) is 11.9. The van der Waals surface area contributed by atoms with Crippen molar-refractivity contribution in [2.24, 2.45) is 17.6 Å². The quantitative estimate of drug-likeness (QED) is 0.838. The second-order valence-corrected chi connectivity index (χ2v) is 6.02. The molecule has 1 amide bonds. The summed E-state index contributed by atoms with van der Waals surface area (Å²) in [6.07, 6.45) is 1.22. The largest absolute Gasteiger partial charge is 0.330 e. The van der Waals surface area contributed by atoms with E-state index in [1.807, 2.05) is 0 Å². The van der Waals surface area contributed by atoms with Crippen LogP contribution in [0.3, 0.4) is 0 Å². The Morgan fingerprint density at radius 3 is 2.68 bits per heavy atom. The van der Waals surface area contributed by atoms with E-state index in [-0.39, 0.29) is 17.5 Å². The van der Waals surface area contributed by atoms with Gasteiger partial charge in [-0.15, -0.1) is 0 Å². The summed E-state index contributed by atoms with van der Waals surface area (Å²) in [6, 6.07) is 4.55. The first kappa shape index (κ1) is 16.1. The molecule has 0 aliphatic carbocycles. The van der Waals surface area contributed by atoms with Gasteiger partial charge < -0.3 is 11.1 Å². The fraction of sp³-hybridized carbons (Fsp3) is 0.500. The van der Waals surface area contributed by atoms with Crippen LogP contribution in [-0.4, -0.2) is 12.5 Å². The molecule has 1 rings (SSSR count). The van der Waals surface area contributed by atoms with Gasteiger partial charge >= 0.3 is 0 Å². The predicted molar refractivity (Wildman–Crippen MR) is 79.3 cm³/mol. The van der Waals surface area contributed by atoms with Gasteiger partial charge in [-0.2, -0.15) is 0 Å². The molecule has 19 heavy (non-hydrogen) atoms. The van der Waals surface area contributed by atoms with Crippen molar-refractivity contribution in [1.29, 1.82) is 0 Å². The summed E-state index contributed by atoms with van der Waals surface area (Å²) in [5.74, 6) is -0.0162. The van der Waals surface area contributed by atoms with Gasteiger partial charge in [0.1, 0.15) is 5.82 Å². The molecule has 3 N–H and O–H groups in total. The van der Waals surface area contributed by atoms with Crippen LogP contribution in [-0.2, 0) is 4.79 Å². The van der Waals surface area contributed by atoms with Gasteiger partial charge in [0.2, 0.25) is 5.91 Å². The lowest BCUT2D eigenvalue weighted by atomic mass is 9.94. The van der Waals surface area contributed by atoms with Gasteiger partial charge in [0.05, 0.1) is 5.69 Å². The van der Waals surface area contributed by atoms with Crippen molar-refractivity contribution in [3.05, 3.63) is 28.5 Å². The molecule has 0 radical (unpaired) electrons. The molecule has 0 spiro atoms. The van der Waals surface area contributed by atoms with Crippen molar-refractivity contribution in [1.82, 2.24) is 0 Å². The second kappa shape index (κ2) is 7.60. The highest BCUT2D eigenvalue weighted by atomic mass is 79.9. The van der Waals surface area contributed by atoms with E-state index in [1.54, 1.807) is 6.07 Å². The van der Waals surface area contributed by atoms with E-state index < -0.39 is 5.82 Å². The van der Waals surface area contributed by atoms with Crippen LogP contribution in [0.1, 0.15) is 26.7 Å². The SMILES string of the molecule is CC(C)C[C@H](CN)CC(=O)Nc1ccc(Br)cc1F. The Balaban J connectivity index is 2.59. The number of amides is 1. The lowest BCUT2D eigenvalue weighted by Crippen LogP contribution is -2.23. The third-order valence-corrected chi connectivity index (χ3v) is 3.31. The summed E-state index contributed by atoms with van der Waals surface area (Å²) >= 11 is 3.17. The number of hydrogen-bond donors (Lipinski definition) is 2. The highest BCUT2D eigenvalue weighted by Crippen LogP contribution is 2.20. The van der Waals surface area contributed by atoms with Crippen LogP contribution in [0.4, 0.5) is 10.1 Å². The summed E-state index contributed by atoms with van der Waals surface area (Å²) in [7, 11) is 0. The Morgan fingerprint density at radius 1 is 1.47 bits per heavy atom. The smallest absolute Gasteiger partial charge is 0.224 e. The molecule has 0 unspecified atom stereocenters. The number of nitrogens with two attached hydrogens (primary N) is 1. The molecule has 0 saturated carbocycles. The summed E-state index contributed by atoms with van der Waals surface area (Å²) in [6.45, 7) is 4.65. The van der Waals surface area contributed by atoms with Crippen LogP contribution < -0.4 is 11.1 Å². The third-order valence-electron chi connectivity index (χ3n) is 2.82. The maximum atomic E-state index is 13.6. The number of hydrogen-bond acceptors (Lipinski definition) is 2. The fourth-order valence-corrected chi connectivity index (χ4v) is 2.32. The van der Waals surface area contributed by atoms with Crippen LogP contribution in [0.5, 0.6) is 0 Å². The van der Waals surface area contributed by atoms with Crippen LogP contribution in [0.15, 0.2) is 22.7 Å². The first-order chi connectivity index (χ1) is 8.92. The summed E-state index contributed by atoms with van der Waals surface area (Å²) < 4.78 is 14.2. The molecule has 0 aliphatic rings. The van der Waals surface area contributed by atoms with Gasteiger partial charge in [-0.3, -0.25) is 4.79 Å². The number of nitrogens with one attached hydrogen (secondary N) is 1. The van der Waals surface area contributed by atoms with Crippen molar-refractivity contribution < 1.29 is 9.18 Å². The topological polar surface area (TPSA) is 55.1 Å². The van der Waals surface area contributed by atoms with E-state index in [1.165, 1.54) is 12.1 Å². The lowest BCUT2D eigenvalue weighted by Gasteiger charge is -2.16. The number of anilines is 1. The van der Waals surface area contributed by atoms with Gasteiger partial charge in [-0.1, -0.05) is 29.8 Å². The first-order valence-corrected chi connectivity index (χ1v) is 7.16. The molecule has 0 heterocycles. The van der Waals surface area contributed by atoms with E-state index in [4.69, 9.17) is 5.73 Å². The molecule has 1 atom stereocenters. The van der Waals surface area contributed by atoms with E-state index in [0.717, 1.165) is 6.42 Å². The second-order valence-electron chi connectivity index (χ2n) is 5.11. The summed E-state index contributed by atoms with van der Waals surface area (Å²) in [5.41, 5.74) is 5.85. The average Bonchev–Trinajstić information content (AvgIpc) is 2.31. The molecular formula is C14H20BrFN2O. The van der Waals surface area contributed by atoms with E-state index in [0.29, 0.717) is 23.4 Å². The van der Waals surface area contributed by atoms with Crippen molar-refractivity contribution in [2.75, 3.05) is 11.9 Å². The minimum Gasteiger partial charge on any atom is -0.330 e. The van der Waals surface area contributed by atoms with Gasteiger partial charge in [-0.25, -0.2) is 4.39 Å². The predicted octanol–water partition coefficient (Wildman–Crippen LogP) is 3.54. The fourth-order valence-electron chi connectivity index (χ4n) is 1.98. The van der Waals surface area contributed by atoms with Gasteiger partial charge in [0.15, 0.2) is 0 Å². The zero-order valence-corrected chi connectivity index (χ0v) is 12.8. The Labute approximate surface area is 121 Å². The lowest BCUT2D eigenvalue weighted by molar-refractivity contribution is -0.117. The maximum Gasteiger partial charge on any atom is 0.224 e. The minimum absolute atomic E-state index is 0.138. The number of rotatable bonds is 6. The van der Waals surface area contributed by atoms with Gasteiger partial charge in [-0.05, 0) is 43.0 Å². The zero-order chi connectivity index (χ0) is 14.4. The minimum atomic E-state index is -0.448. The normalized spacial score (nSPS) is 12.5. The van der Waals surface area contributed by atoms with Gasteiger partial charge in [0.25, 0.3) is 0 Å². The van der Waals surface area contributed by atoms with Gasteiger partial charge in [0, 0.05) is 10.9 Å². The van der Waals surface area contributed by atoms with Crippen LogP contribution in [0, 0.1) is 17.7 Å². The van der Waals surface area contributed by atoms with E-state index in [2.05, 4.69) is 35.1 Å². The molecule has 0 aliphatic heterocycles. The van der Waals surface area contributed by atoms with Crippen molar-refractivity contribution >= 4 is 27.5 Å².